The lowest BCUT2D eigenvalue weighted by molar-refractivity contribution is 0.581. The van der Waals surface area contributed by atoms with E-state index >= 15 is 0 Å². The van der Waals surface area contributed by atoms with Crippen LogP contribution in [0.3, 0.4) is 0 Å². The lowest BCUT2D eigenvalue weighted by Gasteiger charge is -2.10. The Morgan fingerprint density at radius 1 is 1.25 bits per heavy atom. The van der Waals surface area contributed by atoms with Crippen molar-refractivity contribution in [1.29, 1.82) is 0 Å². The Bertz CT molecular complexity index is 687. The summed E-state index contributed by atoms with van der Waals surface area (Å²) in [5, 5.41) is 0.844. The number of sulfone groups is 1. The Kier molecular flexibility index (Phi) is 4.50. The summed E-state index contributed by atoms with van der Waals surface area (Å²) in [5.74, 6) is 0.176. The summed E-state index contributed by atoms with van der Waals surface area (Å²) in [7, 11) is -3.00. The van der Waals surface area contributed by atoms with E-state index in [1.807, 2.05) is 29.0 Å². The van der Waals surface area contributed by atoms with Crippen molar-refractivity contribution in [3.63, 3.8) is 0 Å². The van der Waals surface area contributed by atoms with E-state index < -0.39 is 9.84 Å². The fourth-order valence-corrected chi connectivity index (χ4v) is 3.24. The molecule has 0 saturated heterocycles. The molecule has 0 amide bonds. The van der Waals surface area contributed by atoms with Crippen LogP contribution in [-0.4, -0.2) is 30.5 Å². The summed E-state index contributed by atoms with van der Waals surface area (Å²) in [5.41, 5.74) is 7.92. The van der Waals surface area contributed by atoms with E-state index in [2.05, 4.69) is 6.07 Å². The van der Waals surface area contributed by atoms with E-state index in [1.165, 1.54) is 10.9 Å². The molecule has 110 valence electrons. The van der Waals surface area contributed by atoms with Crippen molar-refractivity contribution in [3.8, 4) is 0 Å². The van der Waals surface area contributed by atoms with Gasteiger partial charge < -0.3 is 10.3 Å². The van der Waals surface area contributed by atoms with E-state index in [4.69, 9.17) is 5.73 Å². The molecule has 2 aromatic rings. The summed E-state index contributed by atoms with van der Waals surface area (Å²) < 4.78 is 25.8. The highest BCUT2D eigenvalue weighted by Gasteiger charge is 2.16. The normalized spacial score (nSPS) is 12.4. The van der Waals surface area contributed by atoms with Crippen molar-refractivity contribution in [2.45, 2.75) is 32.1 Å². The lowest BCUT2D eigenvalue weighted by atomic mass is 10.1. The Morgan fingerprint density at radius 2 is 2.00 bits per heavy atom. The van der Waals surface area contributed by atoms with Gasteiger partial charge in [-0.2, -0.15) is 0 Å². The molecule has 0 spiro atoms. The van der Waals surface area contributed by atoms with Crippen LogP contribution in [0.15, 0.2) is 30.5 Å². The first-order valence-electron chi connectivity index (χ1n) is 6.94. The van der Waals surface area contributed by atoms with Crippen molar-refractivity contribution < 1.29 is 8.42 Å². The summed E-state index contributed by atoms with van der Waals surface area (Å²) >= 11 is 0. The Hall–Kier alpha value is -1.33. The molecule has 0 saturated carbocycles. The molecule has 5 heteroatoms. The molecule has 0 aliphatic rings. The predicted molar refractivity (Wildman–Crippen MR) is 83.6 cm³/mol. The maximum atomic E-state index is 11.9. The summed E-state index contributed by atoms with van der Waals surface area (Å²) in [6.07, 6.45) is 2.80. The number of fused-ring (bicyclic) bond motifs is 1. The summed E-state index contributed by atoms with van der Waals surface area (Å²) in [6.45, 7) is 4.56. The largest absolute Gasteiger partial charge is 0.346 e. The molecule has 1 aromatic carbocycles. The molecule has 1 aromatic heterocycles. The molecule has 4 nitrogen and oxygen atoms in total. The van der Waals surface area contributed by atoms with Gasteiger partial charge in [0.1, 0.15) is 0 Å². The highest BCUT2D eigenvalue weighted by atomic mass is 32.2. The van der Waals surface area contributed by atoms with Gasteiger partial charge in [0.2, 0.25) is 0 Å². The zero-order chi connectivity index (χ0) is 14.8. The van der Waals surface area contributed by atoms with E-state index in [-0.39, 0.29) is 11.0 Å². The molecular formula is C15H22N2O2S. The molecule has 0 atom stereocenters. The van der Waals surface area contributed by atoms with Crippen molar-refractivity contribution in [2.75, 3.05) is 12.3 Å². The molecule has 0 unspecified atom stereocenters. The van der Waals surface area contributed by atoms with Gasteiger partial charge in [0.15, 0.2) is 9.84 Å². The third-order valence-corrected chi connectivity index (χ3v) is 5.84. The van der Waals surface area contributed by atoms with Gasteiger partial charge >= 0.3 is 0 Å². The van der Waals surface area contributed by atoms with Crippen molar-refractivity contribution in [1.82, 2.24) is 4.57 Å². The van der Waals surface area contributed by atoms with Crippen LogP contribution >= 0.6 is 0 Å². The average molecular weight is 294 g/mol. The molecule has 0 radical (unpaired) electrons. The Labute approximate surface area is 120 Å². The van der Waals surface area contributed by atoms with Gasteiger partial charge in [0, 0.05) is 23.6 Å². The topological polar surface area (TPSA) is 65.1 Å². The summed E-state index contributed by atoms with van der Waals surface area (Å²) in [4.78, 5) is 0. The van der Waals surface area contributed by atoms with Crippen LogP contribution in [0.2, 0.25) is 0 Å². The highest BCUT2D eigenvalue weighted by molar-refractivity contribution is 7.91. The van der Waals surface area contributed by atoms with Gasteiger partial charge in [-0.15, -0.1) is 0 Å². The van der Waals surface area contributed by atoms with Gasteiger partial charge in [-0.05, 0) is 44.5 Å². The van der Waals surface area contributed by atoms with Crippen LogP contribution in [0, 0.1) is 0 Å². The third kappa shape index (κ3) is 3.04. The van der Waals surface area contributed by atoms with Crippen molar-refractivity contribution in [2.24, 2.45) is 5.73 Å². The van der Waals surface area contributed by atoms with E-state index in [0.717, 1.165) is 11.9 Å². The van der Waals surface area contributed by atoms with Crippen LogP contribution in [0.4, 0.5) is 0 Å². The molecule has 20 heavy (non-hydrogen) atoms. The quantitative estimate of drug-likeness (QED) is 0.886. The number of hydrogen-bond donors (Lipinski definition) is 1. The zero-order valence-corrected chi connectivity index (χ0v) is 12.9. The first-order chi connectivity index (χ1) is 9.45. The minimum atomic E-state index is -3.00. The monoisotopic (exact) mass is 294 g/mol. The average Bonchev–Trinajstić information content (AvgIpc) is 2.81. The number of aromatic nitrogens is 1. The molecular weight excluding hydrogens is 272 g/mol. The highest BCUT2D eigenvalue weighted by Crippen LogP contribution is 2.21. The summed E-state index contributed by atoms with van der Waals surface area (Å²) in [6, 6.07) is 8.14. The van der Waals surface area contributed by atoms with Crippen LogP contribution < -0.4 is 5.73 Å². The van der Waals surface area contributed by atoms with Gasteiger partial charge in [0.05, 0.1) is 11.0 Å². The van der Waals surface area contributed by atoms with E-state index in [1.54, 1.807) is 13.8 Å². The number of benzene rings is 1. The van der Waals surface area contributed by atoms with Crippen molar-refractivity contribution in [3.05, 3.63) is 36.0 Å². The first kappa shape index (κ1) is 15.1. The van der Waals surface area contributed by atoms with E-state index in [9.17, 15) is 8.42 Å². The predicted octanol–water partition coefficient (Wildman–Crippen LogP) is 1.97. The molecule has 0 aliphatic carbocycles. The minimum Gasteiger partial charge on any atom is -0.346 e. The fourth-order valence-electron chi connectivity index (χ4n) is 2.32. The molecule has 0 fully saturated rings. The second-order valence-electron chi connectivity index (χ2n) is 5.31. The molecule has 2 N–H and O–H groups in total. The maximum absolute atomic E-state index is 11.9. The van der Waals surface area contributed by atoms with Crippen LogP contribution in [-0.2, 0) is 22.8 Å². The zero-order valence-electron chi connectivity index (χ0n) is 12.0. The second kappa shape index (κ2) is 5.97. The van der Waals surface area contributed by atoms with Crippen LogP contribution in [0.25, 0.3) is 10.9 Å². The second-order valence-corrected chi connectivity index (χ2v) is 7.99. The number of hydrogen-bond acceptors (Lipinski definition) is 3. The lowest BCUT2D eigenvalue weighted by Crippen LogP contribution is -2.20. The Morgan fingerprint density at radius 3 is 2.65 bits per heavy atom. The standard InChI is InChI=1S/C15H22N2O2S/c1-12(2)20(18,19)11-10-17-9-7-14-13(6-8-16)4-3-5-15(14)17/h3-5,7,9,12H,6,8,10-11,16H2,1-2H3. The van der Waals surface area contributed by atoms with Crippen LogP contribution in [0.1, 0.15) is 19.4 Å². The minimum absolute atomic E-state index is 0.176. The SMILES string of the molecule is CC(C)S(=O)(=O)CCn1ccc2c(CCN)cccc21. The fraction of sp³-hybridized carbons (Fsp3) is 0.467. The van der Waals surface area contributed by atoms with Gasteiger partial charge in [-0.3, -0.25) is 0 Å². The maximum Gasteiger partial charge on any atom is 0.154 e. The van der Waals surface area contributed by atoms with E-state index in [0.29, 0.717) is 13.1 Å². The molecule has 0 bridgehead atoms. The van der Waals surface area contributed by atoms with Gasteiger partial charge in [-0.1, -0.05) is 12.1 Å². The number of rotatable bonds is 6. The number of nitrogens with zero attached hydrogens (tertiary/aromatic N) is 1. The van der Waals surface area contributed by atoms with Crippen molar-refractivity contribution >= 4 is 20.7 Å². The molecule has 2 rings (SSSR count). The van der Waals surface area contributed by atoms with Gasteiger partial charge in [-0.25, -0.2) is 8.42 Å². The smallest absolute Gasteiger partial charge is 0.154 e. The van der Waals surface area contributed by atoms with Gasteiger partial charge in [0.25, 0.3) is 0 Å². The number of aryl methyl sites for hydroxylation is 1. The molecule has 0 aliphatic heterocycles. The molecule has 1 heterocycles. The Balaban J connectivity index is 2.26. The number of nitrogens with two attached hydrogens (primary N) is 1. The van der Waals surface area contributed by atoms with Crippen LogP contribution in [0.5, 0.6) is 0 Å². The first-order valence-corrected chi connectivity index (χ1v) is 8.65. The third-order valence-electron chi connectivity index (χ3n) is 3.65.